The van der Waals surface area contributed by atoms with Crippen LogP contribution in [0.15, 0.2) is 40.1 Å². The number of pyridine rings is 1. The highest BCUT2D eigenvalue weighted by Crippen LogP contribution is 2.13. The Morgan fingerprint density at radius 2 is 2.33 bits per heavy atom. The van der Waals surface area contributed by atoms with E-state index in [9.17, 15) is 4.79 Å². The Morgan fingerprint density at radius 1 is 1.47 bits per heavy atom. The SMILES string of the molecule is O=c1[nH]cc(Br)cc1Nc1ccncn1. The predicted molar refractivity (Wildman–Crippen MR) is 60.1 cm³/mol. The van der Waals surface area contributed by atoms with Crippen molar-refractivity contribution < 1.29 is 0 Å². The maximum atomic E-state index is 11.4. The van der Waals surface area contributed by atoms with Crippen LogP contribution < -0.4 is 10.9 Å². The fourth-order valence-electron chi connectivity index (χ4n) is 1.05. The summed E-state index contributed by atoms with van der Waals surface area (Å²) in [5, 5.41) is 2.89. The molecule has 0 aliphatic rings. The number of aromatic nitrogens is 3. The van der Waals surface area contributed by atoms with Crippen molar-refractivity contribution in [3.05, 3.63) is 45.7 Å². The van der Waals surface area contributed by atoms with Gasteiger partial charge in [-0.15, -0.1) is 0 Å². The number of H-pyrrole nitrogens is 1. The Labute approximate surface area is 93.7 Å². The largest absolute Gasteiger partial charge is 0.336 e. The van der Waals surface area contributed by atoms with Crippen molar-refractivity contribution in [3.63, 3.8) is 0 Å². The molecule has 0 bridgehead atoms. The number of anilines is 2. The van der Waals surface area contributed by atoms with Crippen molar-refractivity contribution in [3.8, 4) is 0 Å². The van der Waals surface area contributed by atoms with Crippen LogP contribution in [0.4, 0.5) is 11.5 Å². The molecule has 0 aliphatic carbocycles. The van der Waals surface area contributed by atoms with Gasteiger partial charge in [-0.25, -0.2) is 9.97 Å². The molecular formula is C9H7BrN4O. The Morgan fingerprint density at radius 3 is 3.07 bits per heavy atom. The van der Waals surface area contributed by atoms with Gasteiger partial charge in [-0.05, 0) is 28.1 Å². The molecule has 76 valence electrons. The van der Waals surface area contributed by atoms with Gasteiger partial charge in [0, 0.05) is 16.9 Å². The first-order valence-corrected chi connectivity index (χ1v) is 4.96. The molecule has 0 saturated heterocycles. The van der Waals surface area contributed by atoms with E-state index in [0.29, 0.717) is 11.5 Å². The van der Waals surface area contributed by atoms with Crippen LogP contribution in [-0.4, -0.2) is 15.0 Å². The van der Waals surface area contributed by atoms with Gasteiger partial charge in [-0.2, -0.15) is 0 Å². The van der Waals surface area contributed by atoms with Gasteiger partial charge in [-0.3, -0.25) is 4.79 Å². The average molecular weight is 267 g/mol. The summed E-state index contributed by atoms with van der Waals surface area (Å²) in [4.78, 5) is 21.7. The second-order valence-electron chi connectivity index (χ2n) is 2.78. The molecule has 0 radical (unpaired) electrons. The van der Waals surface area contributed by atoms with Gasteiger partial charge >= 0.3 is 0 Å². The molecule has 2 aromatic heterocycles. The van der Waals surface area contributed by atoms with Crippen molar-refractivity contribution in [1.29, 1.82) is 0 Å². The van der Waals surface area contributed by atoms with Gasteiger partial charge in [0.25, 0.3) is 5.56 Å². The second kappa shape index (κ2) is 4.22. The van der Waals surface area contributed by atoms with Crippen LogP contribution in [-0.2, 0) is 0 Å². The molecule has 0 unspecified atom stereocenters. The Bertz CT molecular complexity index is 511. The maximum Gasteiger partial charge on any atom is 0.271 e. The molecule has 0 fully saturated rings. The summed E-state index contributed by atoms with van der Waals surface area (Å²) in [5.74, 6) is 0.577. The highest BCUT2D eigenvalue weighted by atomic mass is 79.9. The fraction of sp³-hybridized carbons (Fsp3) is 0. The third kappa shape index (κ3) is 2.41. The smallest absolute Gasteiger partial charge is 0.271 e. The summed E-state index contributed by atoms with van der Waals surface area (Å²) >= 11 is 3.27. The zero-order chi connectivity index (χ0) is 10.7. The lowest BCUT2D eigenvalue weighted by Crippen LogP contribution is -2.10. The number of hydrogen-bond acceptors (Lipinski definition) is 4. The number of rotatable bonds is 2. The lowest BCUT2D eigenvalue weighted by molar-refractivity contribution is 1.15. The summed E-state index contributed by atoms with van der Waals surface area (Å²) in [6.07, 6.45) is 4.59. The number of aromatic amines is 1. The van der Waals surface area contributed by atoms with Crippen molar-refractivity contribution in [2.45, 2.75) is 0 Å². The van der Waals surface area contributed by atoms with E-state index in [1.54, 1.807) is 24.5 Å². The quantitative estimate of drug-likeness (QED) is 0.868. The maximum absolute atomic E-state index is 11.4. The Hall–Kier alpha value is -1.69. The van der Waals surface area contributed by atoms with Gasteiger partial charge in [0.2, 0.25) is 0 Å². The second-order valence-corrected chi connectivity index (χ2v) is 3.70. The monoisotopic (exact) mass is 266 g/mol. The van der Waals surface area contributed by atoms with Crippen LogP contribution in [0.25, 0.3) is 0 Å². The number of nitrogens with one attached hydrogen (secondary N) is 2. The summed E-state index contributed by atoms with van der Waals surface area (Å²) in [6.45, 7) is 0. The molecule has 5 nitrogen and oxygen atoms in total. The van der Waals surface area contributed by atoms with Crippen LogP contribution in [0.3, 0.4) is 0 Å². The van der Waals surface area contributed by atoms with Crippen LogP contribution in [0, 0.1) is 0 Å². The van der Waals surface area contributed by atoms with E-state index in [2.05, 4.69) is 36.2 Å². The summed E-state index contributed by atoms with van der Waals surface area (Å²) in [6, 6.07) is 3.36. The molecule has 0 amide bonds. The normalized spacial score (nSPS) is 9.93. The van der Waals surface area contributed by atoms with Crippen molar-refractivity contribution >= 4 is 27.4 Å². The van der Waals surface area contributed by atoms with Gasteiger partial charge in [0.15, 0.2) is 0 Å². The van der Waals surface area contributed by atoms with Crippen LogP contribution in [0.2, 0.25) is 0 Å². The molecule has 2 heterocycles. The van der Waals surface area contributed by atoms with E-state index in [0.717, 1.165) is 4.47 Å². The molecule has 6 heteroatoms. The molecule has 2 N–H and O–H groups in total. The molecule has 0 atom stereocenters. The fourth-order valence-corrected chi connectivity index (χ4v) is 1.40. The molecule has 0 spiro atoms. The van der Waals surface area contributed by atoms with E-state index < -0.39 is 0 Å². The summed E-state index contributed by atoms with van der Waals surface area (Å²) in [7, 11) is 0. The lowest BCUT2D eigenvalue weighted by atomic mass is 10.4. The number of hydrogen-bond donors (Lipinski definition) is 2. The Kier molecular flexibility index (Phi) is 2.77. The van der Waals surface area contributed by atoms with E-state index in [1.807, 2.05) is 0 Å². The third-order valence-corrected chi connectivity index (χ3v) is 2.17. The van der Waals surface area contributed by atoms with E-state index in [4.69, 9.17) is 0 Å². The molecule has 15 heavy (non-hydrogen) atoms. The Balaban J connectivity index is 2.32. The van der Waals surface area contributed by atoms with Gasteiger partial charge < -0.3 is 10.3 Å². The van der Waals surface area contributed by atoms with Gasteiger partial charge in [0.05, 0.1) is 0 Å². The topological polar surface area (TPSA) is 70.7 Å². The van der Waals surface area contributed by atoms with Crippen molar-refractivity contribution in [2.24, 2.45) is 0 Å². The van der Waals surface area contributed by atoms with Crippen LogP contribution in [0.1, 0.15) is 0 Å². The highest BCUT2D eigenvalue weighted by molar-refractivity contribution is 9.10. The van der Waals surface area contributed by atoms with Crippen LogP contribution >= 0.6 is 15.9 Å². The lowest BCUT2D eigenvalue weighted by Gasteiger charge is -2.03. The van der Waals surface area contributed by atoms with Crippen molar-refractivity contribution in [1.82, 2.24) is 15.0 Å². The van der Waals surface area contributed by atoms with Gasteiger partial charge in [-0.1, -0.05) is 0 Å². The van der Waals surface area contributed by atoms with E-state index in [-0.39, 0.29) is 5.56 Å². The first-order valence-electron chi connectivity index (χ1n) is 4.17. The zero-order valence-electron chi connectivity index (χ0n) is 7.57. The minimum Gasteiger partial charge on any atom is -0.336 e. The summed E-state index contributed by atoms with van der Waals surface area (Å²) in [5.41, 5.74) is 0.236. The van der Waals surface area contributed by atoms with Gasteiger partial charge in [0.1, 0.15) is 17.8 Å². The van der Waals surface area contributed by atoms with Crippen LogP contribution in [0.5, 0.6) is 0 Å². The molecular weight excluding hydrogens is 260 g/mol. The third-order valence-electron chi connectivity index (χ3n) is 1.71. The molecule has 0 saturated carbocycles. The molecule has 2 aromatic rings. The minimum atomic E-state index is -0.197. The minimum absolute atomic E-state index is 0.197. The number of nitrogens with zero attached hydrogens (tertiary/aromatic N) is 2. The predicted octanol–water partition coefficient (Wildman–Crippen LogP) is 1.67. The zero-order valence-corrected chi connectivity index (χ0v) is 9.15. The standard InChI is InChI=1S/C9H7BrN4O/c10-6-3-7(9(15)12-4-6)14-8-1-2-11-5-13-8/h1-5H,(H,12,15)(H,11,13,14). The van der Waals surface area contributed by atoms with Crippen molar-refractivity contribution in [2.75, 3.05) is 5.32 Å². The molecule has 0 aliphatic heterocycles. The summed E-state index contributed by atoms with van der Waals surface area (Å²) < 4.78 is 0.790. The van der Waals surface area contributed by atoms with E-state index >= 15 is 0 Å². The first-order chi connectivity index (χ1) is 7.25. The molecule has 2 rings (SSSR count). The number of halogens is 1. The average Bonchev–Trinajstić information content (AvgIpc) is 2.25. The first kappa shape index (κ1) is 9.85. The highest BCUT2D eigenvalue weighted by Gasteiger charge is 2.00. The van der Waals surface area contributed by atoms with E-state index in [1.165, 1.54) is 6.33 Å². The molecule has 0 aromatic carbocycles.